The number of carbonyl (C=O) groups is 12. The topological polar surface area (TPSA) is 489 Å². The van der Waals surface area contributed by atoms with Crippen LogP contribution in [0, 0.1) is 17.8 Å². The van der Waals surface area contributed by atoms with Crippen LogP contribution in [0.1, 0.15) is 131 Å². The predicted octanol–water partition coefficient (Wildman–Crippen LogP) is -4.61. The van der Waals surface area contributed by atoms with Gasteiger partial charge in [-0.2, -0.15) is 0 Å². The van der Waals surface area contributed by atoms with Gasteiger partial charge in [-0.15, -0.1) is 0 Å². The Kier molecular flexibility index (Phi) is 32.6. The molecule has 450 valence electrons. The third-order valence-corrected chi connectivity index (χ3v) is 12.7. The zero-order valence-corrected chi connectivity index (χ0v) is 46.4. The molecule has 0 aromatic carbocycles. The lowest BCUT2D eigenvalue weighted by Crippen LogP contribution is -2.61. The summed E-state index contributed by atoms with van der Waals surface area (Å²) in [5.41, 5.74) is 22.6. The summed E-state index contributed by atoms with van der Waals surface area (Å²) >= 11 is 0. The Balaban J connectivity index is 3.31. The average Bonchev–Trinajstić information content (AvgIpc) is 3.86. The minimum absolute atomic E-state index is 0.00915. The molecule has 20 N–H and O–H groups in total. The van der Waals surface area contributed by atoms with E-state index in [2.05, 4.69) is 42.5 Å². The zero-order valence-electron chi connectivity index (χ0n) is 46.4. The number of primary amides is 1. The largest absolute Gasteiger partial charge is 0.481 e. The molecule has 0 aromatic heterocycles. The minimum Gasteiger partial charge on any atom is -0.481 e. The van der Waals surface area contributed by atoms with Crippen molar-refractivity contribution in [1.82, 2.24) is 47.4 Å². The molecule has 1 aliphatic heterocycles. The highest BCUT2D eigenvalue weighted by Crippen LogP contribution is 2.20. The van der Waals surface area contributed by atoms with Gasteiger partial charge in [0.1, 0.15) is 54.4 Å². The van der Waals surface area contributed by atoms with Crippen LogP contribution >= 0.6 is 0 Å². The number of nitrogens with zero attached hydrogens (tertiary/aromatic N) is 1. The Morgan fingerprint density at radius 2 is 0.911 bits per heavy atom. The van der Waals surface area contributed by atoms with Crippen molar-refractivity contribution in [2.45, 2.75) is 192 Å². The van der Waals surface area contributed by atoms with Gasteiger partial charge in [-0.3, -0.25) is 52.7 Å². The molecule has 0 unspecified atom stereocenters. The first-order valence-corrected chi connectivity index (χ1v) is 26.9. The van der Waals surface area contributed by atoms with Crippen LogP contribution in [0.25, 0.3) is 0 Å². The molecule has 29 nitrogen and oxygen atoms in total. The van der Waals surface area contributed by atoms with E-state index in [4.69, 9.17) is 22.9 Å². The first-order chi connectivity index (χ1) is 37.1. The van der Waals surface area contributed by atoms with Gasteiger partial charge in [-0.25, -0.2) is 4.79 Å². The number of nitrogens with two attached hydrogens (primary N) is 4. The summed E-state index contributed by atoms with van der Waals surface area (Å²) in [6.45, 7) is 9.20. The van der Waals surface area contributed by atoms with E-state index in [0.29, 0.717) is 32.2 Å². The number of amides is 10. The van der Waals surface area contributed by atoms with Crippen LogP contribution in [-0.4, -0.2) is 190 Å². The van der Waals surface area contributed by atoms with Crippen LogP contribution in [0.4, 0.5) is 0 Å². The van der Waals surface area contributed by atoms with Crippen molar-refractivity contribution in [3.63, 3.8) is 0 Å². The zero-order chi connectivity index (χ0) is 60.1. The number of hydrogen-bond donors (Lipinski definition) is 16. The van der Waals surface area contributed by atoms with E-state index >= 15 is 0 Å². The molecular weight excluding hydrogens is 1040 g/mol. The maximum absolute atomic E-state index is 14.0. The van der Waals surface area contributed by atoms with Gasteiger partial charge in [-0.1, -0.05) is 48.0 Å². The number of aliphatic carboxylic acids is 2. The molecule has 0 spiro atoms. The summed E-state index contributed by atoms with van der Waals surface area (Å²) in [6.07, 6.45) is 0.558. The highest BCUT2D eigenvalue weighted by Gasteiger charge is 2.41. The number of aliphatic hydroxyl groups is 2. The van der Waals surface area contributed by atoms with Crippen molar-refractivity contribution in [3.05, 3.63) is 0 Å². The number of unbranched alkanes of at least 4 members (excludes halogenated alkanes) is 2. The highest BCUT2D eigenvalue weighted by atomic mass is 16.4. The lowest BCUT2D eigenvalue weighted by molar-refractivity contribution is -0.143. The fourth-order valence-corrected chi connectivity index (χ4v) is 8.51. The fraction of sp³-hybridized carbons (Fsp3) is 0.760. The molecule has 1 aliphatic rings. The molecule has 1 saturated heterocycles. The van der Waals surface area contributed by atoms with Crippen LogP contribution in [0.15, 0.2) is 0 Å². The summed E-state index contributed by atoms with van der Waals surface area (Å²) in [4.78, 5) is 160. The lowest BCUT2D eigenvalue weighted by atomic mass is 9.99. The second kappa shape index (κ2) is 36.6. The van der Waals surface area contributed by atoms with Crippen LogP contribution < -0.4 is 65.5 Å². The first-order valence-electron chi connectivity index (χ1n) is 26.9. The number of carboxylic acid groups (broad SMARTS) is 2. The number of likely N-dealkylation sites (tertiary alicyclic amines) is 1. The van der Waals surface area contributed by atoms with Gasteiger partial charge in [0.05, 0.1) is 25.7 Å². The van der Waals surface area contributed by atoms with Crippen molar-refractivity contribution in [3.8, 4) is 0 Å². The molecule has 0 bridgehead atoms. The maximum Gasteiger partial charge on any atom is 0.326 e. The number of hydrogen-bond acceptors (Lipinski definition) is 17. The quantitative estimate of drug-likeness (QED) is 0.0258. The summed E-state index contributed by atoms with van der Waals surface area (Å²) in [6, 6.07) is -14.4. The second-order valence-corrected chi connectivity index (χ2v) is 21.0. The molecule has 1 rings (SSSR count). The molecule has 0 aromatic rings. The van der Waals surface area contributed by atoms with E-state index in [1.54, 1.807) is 27.7 Å². The Bertz CT molecular complexity index is 2060. The first kappa shape index (κ1) is 70.5. The summed E-state index contributed by atoms with van der Waals surface area (Å²) in [5, 5.41) is 59.2. The Morgan fingerprint density at radius 3 is 1.38 bits per heavy atom. The van der Waals surface area contributed by atoms with E-state index in [1.165, 1.54) is 0 Å². The molecular formula is C50H89N13O16. The summed E-state index contributed by atoms with van der Waals surface area (Å²) < 4.78 is 0. The fourth-order valence-electron chi connectivity index (χ4n) is 8.51. The van der Waals surface area contributed by atoms with Crippen LogP contribution in [0.2, 0.25) is 0 Å². The van der Waals surface area contributed by atoms with Crippen LogP contribution in [0.3, 0.4) is 0 Å². The standard InChI is InChI=1S/C50H89N13O16/c1-26(2)20-32(57-41(69)29(53)12-7-9-17-51)44(72)58-33(21-27(3)4)45(73)62-37(25-65)49(77)63-19-11-14-38(63)48(76)61-36(24-64)47(75)59-34(23-39(54)66)46(74)56-31(15-16-40(67)68)43(71)55-30(13-8-10-18-52)42(70)60-35(50(78)79)22-28(5)6/h26-38,64-65H,7-25,51-53H2,1-6H3,(H2,54,66)(H,55,71)(H,56,74)(H,57,69)(H,58,72)(H,59,75)(H,60,70)(H,61,76)(H,62,73)(H,67,68)(H,78,79)/t29-,30-,31-,32-,33-,34-,35-,36-,37-,38-/m0/s1. The molecule has 10 amide bonds. The normalized spacial score (nSPS) is 16.7. The predicted molar refractivity (Wildman–Crippen MR) is 285 cm³/mol. The van der Waals surface area contributed by atoms with Crippen molar-refractivity contribution in [2.24, 2.45) is 40.7 Å². The maximum atomic E-state index is 14.0. The number of nitrogens with one attached hydrogen (secondary N) is 8. The number of carbonyl (C=O) groups excluding carboxylic acids is 10. The van der Waals surface area contributed by atoms with Crippen molar-refractivity contribution < 1.29 is 78.0 Å². The Hall–Kier alpha value is -6.56. The molecule has 29 heteroatoms. The minimum atomic E-state index is -1.91. The van der Waals surface area contributed by atoms with Gasteiger partial charge in [-0.05, 0) is 101 Å². The molecule has 1 fully saturated rings. The van der Waals surface area contributed by atoms with Crippen molar-refractivity contribution in [2.75, 3.05) is 32.8 Å². The molecule has 10 atom stereocenters. The van der Waals surface area contributed by atoms with Crippen molar-refractivity contribution >= 4 is 71.0 Å². The summed E-state index contributed by atoms with van der Waals surface area (Å²) in [7, 11) is 0. The molecule has 79 heavy (non-hydrogen) atoms. The average molecular weight is 1130 g/mol. The Labute approximate surface area is 460 Å². The third-order valence-electron chi connectivity index (χ3n) is 12.7. The van der Waals surface area contributed by atoms with Crippen LogP contribution in [0.5, 0.6) is 0 Å². The Morgan fingerprint density at radius 1 is 0.506 bits per heavy atom. The van der Waals surface area contributed by atoms with Gasteiger partial charge < -0.3 is 90.8 Å². The molecule has 0 aliphatic carbocycles. The van der Waals surface area contributed by atoms with Gasteiger partial charge in [0, 0.05) is 13.0 Å². The third kappa shape index (κ3) is 26.3. The number of carboxylic acids is 2. The van der Waals surface area contributed by atoms with Gasteiger partial charge >= 0.3 is 11.9 Å². The number of rotatable bonds is 39. The smallest absolute Gasteiger partial charge is 0.326 e. The monoisotopic (exact) mass is 1130 g/mol. The van der Waals surface area contributed by atoms with Gasteiger partial charge in [0.25, 0.3) is 0 Å². The van der Waals surface area contributed by atoms with Gasteiger partial charge in [0.2, 0.25) is 59.1 Å². The molecule has 0 saturated carbocycles. The SMILES string of the molecule is CC(C)C[C@H](NC(=O)[C@H](CCCCN)NC(=O)[C@H](CCC(=O)O)NC(=O)[C@H](CC(N)=O)NC(=O)[C@H](CO)NC(=O)[C@@H]1CCCN1C(=O)[C@H](CO)NC(=O)[C@H](CC(C)C)NC(=O)[C@H](CC(C)C)NC(=O)[C@@H](N)CCCCN)C(=O)O. The van der Waals surface area contributed by atoms with Crippen LogP contribution in [-0.2, 0) is 57.5 Å². The van der Waals surface area contributed by atoms with Crippen molar-refractivity contribution in [1.29, 1.82) is 0 Å². The summed E-state index contributed by atoms with van der Waals surface area (Å²) in [5.74, 6) is -12.8. The highest BCUT2D eigenvalue weighted by molar-refractivity contribution is 5.99. The van der Waals surface area contributed by atoms with Gasteiger partial charge in [0.15, 0.2) is 0 Å². The molecule has 0 radical (unpaired) electrons. The van der Waals surface area contributed by atoms with E-state index in [9.17, 15) is 78.0 Å². The lowest BCUT2D eigenvalue weighted by Gasteiger charge is -2.30. The second-order valence-electron chi connectivity index (χ2n) is 21.0. The van der Waals surface area contributed by atoms with E-state index in [-0.39, 0.29) is 75.8 Å². The van der Waals surface area contributed by atoms with E-state index < -0.39 is 164 Å². The van der Waals surface area contributed by atoms with E-state index in [0.717, 1.165) is 4.90 Å². The van der Waals surface area contributed by atoms with E-state index in [1.807, 2.05) is 13.8 Å². The molecule has 1 heterocycles. The number of aliphatic hydroxyl groups excluding tert-OH is 2.